The number of benzene rings is 2. The lowest BCUT2D eigenvalue weighted by Crippen LogP contribution is -2.36. The maximum atomic E-state index is 12.8. The minimum absolute atomic E-state index is 0.0400. The Hall–Kier alpha value is -2.46. The van der Waals surface area contributed by atoms with Crippen molar-refractivity contribution in [1.82, 2.24) is 4.31 Å². The van der Waals surface area contributed by atoms with E-state index in [1.54, 1.807) is 54.6 Å². The van der Waals surface area contributed by atoms with Gasteiger partial charge in [0.1, 0.15) is 0 Å². The van der Waals surface area contributed by atoms with Crippen molar-refractivity contribution in [2.45, 2.75) is 11.8 Å². The molecule has 0 radical (unpaired) electrons. The van der Waals surface area contributed by atoms with E-state index < -0.39 is 10.0 Å². The van der Waals surface area contributed by atoms with Crippen molar-refractivity contribution < 1.29 is 13.2 Å². The monoisotopic (exact) mass is 341 g/mol. The van der Waals surface area contributed by atoms with Gasteiger partial charge in [-0.25, -0.2) is 8.42 Å². The molecule has 0 aliphatic rings. The second-order valence-electron chi connectivity index (χ2n) is 5.31. The molecule has 0 unspecified atom stereocenters. The molecule has 0 heterocycles. The van der Waals surface area contributed by atoms with Gasteiger partial charge < -0.3 is 0 Å². The fourth-order valence-electron chi connectivity index (χ4n) is 2.15. The van der Waals surface area contributed by atoms with E-state index in [0.29, 0.717) is 5.56 Å². The third-order valence-corrected chi connectivity index (χ3v) is 5.34. The molecule has 124 valence electrons. The van der Waals surface area contributed by atoms with Gasteiger partial charge in [0.05, 0.1) is 11.4 Å². The number of nitrogens with zero attached hydrogens (tertiary/aromatic N) is 1. The van der Waals surface area contributed by atoms with Crippen LogP contribution in [-0.4, -0.2) is 31.6 Å². The Kier molecular flexibility index (Phi) is 5.88. The highest BCUT2D eigenvalue weighted by molar-refractivity contribution is 7.89. The molecule has 2 aromatic rings. The fourth-order valence-corrected chi connectivity index (χ4v) is 3.49. The minimum atomic E-state index is -3.78. The van der Waals surface area contributed by atoms with Crippen LogP contribution in [-0.2, 0) is 10.0 Å². The molecule has 0 bridgehead atoms. The summed E-state index contributed by atoms with van der Waals surface area (Å²) in [6.45, 7) is 5.13. The molecule has 4 nitrogen and oxygen atoms in total. The summed E-state index contributed by atoms with van der Waals surface area (Å²) in [6, 6.07) is 15.2. The molecule has 0 aromatic heterocycles. The van der Waals surface area contributed by atoms with E-state index in [1.165, 1.54) is 6.08 Å². The van der Waals surface area contributed by atoms with Gasteiger partial charge in [-0.05, 0) is 25.1 Å². The largest absolute Gasteiger partial charge is 0.293 e. The Morgan fingerprint density at radius 3 is 2.33 bits per heavy atom. The normalized spacial score (nSPS) is 11.1. The highest BCUT2D eigenvalue weighted by Gasteiger charge is 2.26. The van der Waals surface area contributed by atoms with Crippen LogP contribution < -0.4 is 0 Å². The molecule has 0 amide bonds. The fraction of sp³-hybridized carbons (Fsp3) is 0.158. The SMILES string of the molecule is C=C=CCN(CC(=O)c1ccccc1)S(=O)(=O)c1ccc(C)cc1. The molecular weight excluding hydrogens is 322 g/mol. The standard InChI is InChI=1S/C19H19NO3S/c1-3-4-14-20(15-19(21)17-8-6-5-7-9-17)24(22,23)18-12-10-16(2)11-13-18/h4-13H,1,14-15H2,2H3. The summed E-state index contributed by atoms with van der Waals surface area (Å²) >= 11 is 0. The van der Waals surface area contributed by atoms with Crippen molar-refractivity contribution in [3.8, 4) is 0 Å². The van der Waals surface area contributed by atoms with Crippen LogP contribution in [0.25, 0.3) is 0 Å². The third kappa shape index (κ3) is 4.30. The number of Topliss-reactive ketones (excluding diaryl/α,β-unsaturated/α-hetero) is 1. The van der Waals surface area contributed by atoms with Crippen molar-refractivity contribution >= 4 is 15.8 Å². The second-order valence-corrected chi connectivity index (χ2v) is 7.25. The summed E-state index contributed by atoms with van der Waals surface area (Å²) in [5.41, 5.74) is 3.99. The van der Waals surface area contributed by atoms with Crippen LogP contribution in [0.3, 0.4) is 0 Å². The first-order valence-electron chi connectivity index (χ1n) is 7.44. The van der Waals surface area contributed by atoms with E-state index in [4.69, 9.17) is 0 Å². The lowest BCUT2D eigenvalue weighted by Gasteiger charge is -2.20. The summed E-state index contributed by atoms with van der Waals surface area (Å²) in [5, 5.41) is 0. The summed E-state index contributed by atoms with van der Waals surface area (Å²) in [7, 11) is -3.78. The average molecular weight is 341 g/mol. The molecule has 0 spiro atoms. The van der Waals surface area contributed by atoms with Crippen molar-refractivity contribution in [3.05, 3.63) is 84.1 Å². The second kappa shape index (κ2) is 7.88. The first-order valence-corrected chi connectivity index (χ1v) is 8.88. The summed E-state index contributed by atoms with van der Waals surface area (Å²) in [6.07, 6.45) is 1.49. The number of carbonyl (C=O) groups is 1. The zero-order valence-corrected chi connectivity index (χ0v) is 14.3. The lowest BCUT2D eigenvalue weighted by molar-refractivity contribution is 0.0969. The van der Waals surface area contributed by atoms with Gasteiger partial charge in [-0.2, -0.15) is 4.31 Å². The lowest BCUT2D eigenvalue weighted by atomic mass is 10.1. The van der Waals surface area contributed by atoms with Crippen LogP contribution in [0.5, 0.6) is 0 Å². The highest BCUT2D eigenvalue weighted by Crippen LogP contribution is 2.17. The molecule has 0 N–H and O–H groups in total. The number of carbonyl (C=O) groups excluding carboxylic acids is 1. The summed E-state index contributed by atoms with van der Waals surface area (Å²) in [4.78, 5) is 12.6. The van der Waals surface area contributed by atoms with E-state index >= 15 is 0 Å². The zero-order valence-electron chi connectivity index (χ0n) is 13.5. The van der Waals surface area contributed by atoms with Gasteiger partial charge in [0.15, 0.2) is 5.78 Å². The van der Waals surface area contributed by atoms with Crippen molar-refractivity contribution in [2.75, 3.05) is 13.1 Å². The zero-order chi connectivity index (χ0) is 17.6. The van der Waals surface area contributed by atoms with E-state index in [-0.39, 0.29) is 23.8 Å². The molecule has 0 aliphatic heterocycles. The van der Waals surface area contributed by atoms with Crippen LogP contribution in [0, 0.1) is 6.92 Å². The first-order chi connectivity index (χ1) is 11.4. The number of hydrogen-bond acceptors (Lipinski definition) is 3. The van der Waals surface area contributed by atoms with Gasteiger partial charge in [-0.1, -0.05) is 54.6 Å². The van der Waals surface area contributed by atoms with Crippen molar-refractivity contribution in [3.63, 3.8) is 0 Å². The molecule has 2 aromatic carbocycles. The predicted octanol–water partition coefficient (Wildman–Crippen LogP) is 3.21. The molecule has 5 heteroatoms. The summed E-state index contributed by atoms with van der Waals surface area (Å²) < 4.78 is 26.8. The molecule has 0 saturated carbocycles. The van der Waals surface area contributed by atoms with Gasteiger partial charge >= 0.3 is 0 Å². The Labute approximate surface area is 142 Å². The van der Waals surface area contributed by atoms with E-state index in [1.807, 2.05) is 6.92 Å². The Balaban J connectivity index is 2.32. The predicted molar refractivity (Wildman–Crippen MR) is 94.4 cm³/mol. The minimum Gasteiger partial charge on any atom is -0.293 e. The molecule has 24 heavy (non-hydrogen) atoms. The maximum Gasteiger partial charge on any atom is 0.243 e. The quantitative estimate of drug-likeness (QED) is 0.574. The molecule has 0 fully saturated rings. The smallest absolute Gasteiger partial charge is 0.243 e. The molecule has 0 aliphatic carbocycles. The Morgan fingerprint density at radius 1 is 1.12 bits per heavy atom. The van der Waals surface area contributed by atoms with Gasteiger partial charge in [0.25, 0.3) is 0 Å². The summed E-state index contributed by atoms with van der Waals surface area (Å²) in [5.74, 6) is -0.260. The van der Waals surface area contributed by atoms with Crippen molar-refractivity contribution in [2.24, 2.45) is 0 Å². The number of ketones is 1. The van der Waals surface area contributed by atoms with Crippen LogP contribution in [0.15, 0.2) is 77.9 Å². The Morgan fingerprint density at radius 2 is 1.75 bits per heavy atom. The van der Waals surface area contributed by atoms with Gasteiger partial charge in [-0.3, -0.25) is 4.79 Å². The molecular formula is C19H19NO3S. The molecule has 0 saturated heterocycles. The molecule has 0 atom stereocenters. The van der Waals surface area contributed by atoms with Crippen molar-refractivity contribution in [1.29, 1.82) is 0 Å². The third-order valence-electron chi connectivity index (χ3n) is 3.51. The maximum absolute atomic E-state index is 12.8. The number of rotatable bonds is 7. The van der Waals surface area contributed by atoms with Crippen LogP contribution in [0.2, 0.25) is 0 Å². The number of hydrogen-bond donors (Lipinski definition) is 0. The first kappa shape index (κ1) is 17.9. The topological polar surface area (TPSA) is 54.5 Å². The molecule has 2 rings (SSSR count). The highest BCUT2D eigenvalue weighted by atomic mass is 32.2. The number of sulfonamides is 1. The average Bonchev–Trinajstić information content (AvgIpc) is 2.59. The van der Waals surface area contributed by atoms with Gasteiger partial charge in [0.2, 0.25) is 10.0 Å². The van der Waals surface area contributed by atoms with Gasteiger partial charge in [0, 0.05) is 12.1 Å². The van der Waals surface area contributed by atoms with Crippen LogP contribution >= 0.6 is 0 Å². The van der Waals surface area contributed by atoms with E-state index in [0.717, 1.165) is 9.87 Å². The van der Waals surface area contributed by atoms with Gasteiger partial charge in [-0.15, -0.1) is 5.73 Å². The van der Waals surface area contributed by atoms with Crippen LogP contribution in [0.4, 0.5) is 0 Å². The van der Waals surface area contributed by atoms with E-state index in [2.05, 4.69) is 12.3 Å². The van der Waals surface area contributed by atoms with E-state index in [9.17, 15) is 13.2 Å². The Bertz CT molecular complexity index is 849. The van der Waals surface area contributed by atoms with Crippen LogP contribution in [0.1, 0.15) is 15.9 Å². The number of aryl methyl sites for hydroxylation is 1.